The summed E-state index contributed by atoms with van der Waals surface area (Å²) in [7, 11) is 0. The van der Waals surface area contributed by atoms with Crippen LogP contribution in [0.1, 0.15) is 0 Å². The van der Waals surface area contributed by atoms with Crippen LogP contribution >= 0.6 is 0 Å². The number of benzene rings is 8. The first-order valence-electron chi connectivity index (χ1n) is 15.9. The zero-order valence-corrected chi connectivity index (χ0v) is 25.1. The molecule has 0 radical (unpaired) electrons. The smallest absolute Gasteiger partial charge is 0.0541 e. The minimum Gasteiger partial charge on any atom is -0.317 e. The summed E-state index contributed by atoms with van der Waals surface area (Å²) in [5, 5.41) is 11.5. The molecule has 0 unspecified atom stereocenters. The van der Waals surface area contributed by atoms with Gasteiger partial charge in [-0.15, -0.1) is 0 Å². The van der Waals surface area contributed by atoms with Crippen LogP contribution in [-0.2, 0) is 0 Å². The molecular formula is C44H28N2. The second-order valence-electron chi connectivity index (χ2n) is 12.2. The van der Waals surface area contributed by atoms with Gasteiger partial charge in [-0.3, -0.25) is 0 Å². The summed E-state index contributed by atoms with van der Waals surface area (Å²) in [6.45, 7) is 0. The van der Waals surface area contributed by atoms with Crippen LogP contribution in [0.5, 0.6) is 0 Å². The van der Waals surface area contributed by atoms with E-state index >= 15 is 0 Å². The van der Waals surface area contributed by atoms with Gasteiger partial charge in [-0.1, -0.05) is 103 Å². The summed E-state index contributed by atoms with van der Waals surface area (Å²) in [5.41, 5.74) is 8.44. The van der Waals surface area contributed by atoms with Crippen molar-refractivity contribution in [3.8, 4) is 22.5 Å². The van der Waals surface area contributed by atoms with Crippen molar-refractivity contribution in [2.75, 3.05) is 0 Å². The molecule has 0 saturated heterocycles. The van der Waals surface area contributed by atoms with Crippen LogP contribution in [-0.4, -0.2) is 9.13 Å². The van der Waals surface area contributed by atoms with E-state index in [2.05, 4.69) is 179 Å². The van der Waals surface area contributed by atoms with Gasteiger partial charge in [0, 0.05) is 33.7 Å². The lowest BCUT2D eigenvalue weighted by Crippen LogP contribution is -1.94. The van der Waals surface area contributed by atoms with Crippen molar-refractivity contribution < 1.29 is 0 Å². The molecule has 0 aliphatic heterocycles. The van der Waals surface area contributed by atoms with Crippen LogP contribution < -0.4 is 0 Å². The molecule has 0 aliphatic rings. The molecule has 214 valence electrons. The number of hydrogen-bond acceptors (Lipinski definition) is 0. The van der Waals surface area contributed by atoms with Gasteiger partial charge in [0.05, 0.1) is 16.6 Å². The molecule has 0 N–H and O–H groups in total. The Hall–Kier alpha value is -6.12. The van der Waals surface area contributed by atoms with Crippen molar-refractivity contribution in [2.24, 2.45) is 0 Å². The molecule has 0 amide bonds. The summed E-state index contributed by atoms with van der Waals surface area (Å²) < 4.78 is 4.69. The minimum absolute atomic E-state index is 1.18. The van der Waals surface area contributed by atoms with Gasteiger partial charge < -0.3 is 9.13 Å². The van der Waals surface area contributed by atoms with E-state index in [1.165, 1.54) is 87.5 Å². The maximum Gasteiger partial charge on any atom is 0.0541 e. The van der Waals surface area contributed by atoms with Crippen molar-refractivity contribution in [2.45, 2.75) is 0 Å². The molecule has 2 heterocycles. The van der Waals surface area contributed by atoms with E-state index in [-0.39, 0.29) is 0 Å². The summed E-state index contributed by atoms with van der Waals surface area (Å²) >= 11 is 0. The number of aromatic nitrogens is 2. The number of para-hydroxylation sites is 2. The first-order valence-corrected chi connectivity index (χ1v) is 15.9. The van der Waals surface area contributed by atoms with E-state index in [0.717, 1.165) is 0 Å². The number of rotatable bonds is 3. The van der Waals surface area contributed by atoms with Gasteiger partial charge in [0.2, 0.25) is 0 Å². The highest BCUT2D eigenvalue weighted by molar-refractivity contribution is 6.25. The molecule has 10 aromatic rings. The Labute approximate surface area is 266 Å². The fourth-order valence-electron chi connectivity index (χ4n) is 7.60. The minimum atomic E-state index is 1.18. The molecule has 0 bridgehead atoms. The predicted molar refractivity (Wildman–Crippen MR) is 196 cm³/mol. The molecule has 8 aromatic carbocycles. The van der Waals surface area contributed by atoms with Gasteiger partial charge in [-0.05, 0) is 104 Å². The lowest BCUT2D eigenvalue weighted by atomic mass is 9.94. The summed E-state index contributed by atoms with van der Waals surface area (Å²) in [6.07, 6.45) is 2.16. The first-order chi connectivity index (χ1) is 22.8. The topological polar surface area (TPSA) is 9.86 Å². The maximum absolute atomic E-state index is 2.43. The van der Waals surface area contributed by atoms with Crippen LogP contribution in [0, 0.1) is 0 Å². The molecule has 2 heteroatoms. The molecule has 0 saturated carbocycles. The van der Waals surface area contributed by atoms with Crippen molar-refractivity contribution in [3.63, 3.8) is 0 Å². The van der Waals surface area contributed by atoms with Gasteiger partial charge in [-0.2, -0.15) is 0 Å². The summed E-state index contributed by atoms with van der Waals surface area (Å²) in [5.74, 6) is 0. The SMILES string of the molecule is c1ccc(-n2ccc3cc(-c4ccc5c(c4)c4ccccc4n5-c4ccc5c6ccccc6c6ccccc6c5c4)ccc32)cc1. The molecule has 2 aromatic heterocycles. The Morgan fingerprint density at radius 3 is 1.61 bits per heavy atom. The maximum atomic E-state index is 2.43. The van der Waals surface area contributed by atoms with E-state index in [0.29, 0.717) is 0 Å². The average Bonchev–Trinajstić information content (AvgIpc) is 3.70. The van der Waals surface area contributed by atoms with Crippen molar-refractivity contribution in [1.29, 1.82) is 0 Å². The second kappa shape index (κ2) is 9.69. The predicted octanol–water partition coefficient (Wildman–Crippen LogP) is 11.9. The Morgan fingerprint density at radius 2 is 0.870 bits per heavy atom. The third-order valence-electron chi connectivity index (χ3n) is 9.72. The largest absolute Gasteiger partial charge is 0.317 e. The Balaban J connectivity index is 1.16. The van der Waals surface area contributed by atoms with Crippen LogP contribution in [0.2, 0.25) is 0 Å². The van der Waals surface area contributed by atoms with Crippen LogP contribution in [0.25, 0.3) is 87.5 Å². The highest BCUT2D eigenvalue weighted by Gasteiger charge is 2.16. The standard InChI is InChI=1S/C44H28N2/c1-2-10-32(11-3-1)45-25-24-31-26-29(18-22-42(31)45)30-19-23-44-41(27-30)39-16-8-9-17-43(39)46(44)33-20-21-38-36-14-5-4-12-34(36)35-13-6-7-15-37(35)40(38)28-33/h1-28H. The number of fused-ring (bicyclic) bond motifs is 10. The molecule has 0 spiro atoms. The molecule has 2 nitrogen and oxygen atoms in total. The van der Waals surface area contributed by atoms with Crippen LogP contribution in [0.4, 0.5) is 0 Å². The van der Waals surface area contributed by atoms with Crippen LogP contribution in [0.3, 0.4) is 0 Å². The molecule has 0 fully saturated rings. The molecular weight excluding hydrogens is 556 g/mol. The summed E-state index contributed by atoms with van der Waals surface area (Å²) in [4.78, 5) is 0. The van der Waals surface area contributed by atoms with Gasteiger partial charge in [-0.25, -0.2) is 0 Å². The fourth-order valence-corrected chi connectivity index (χ4v) is 7.60. The van der Waals surface area contributed by atoms with Gasteiger partial charge in [0.15, 0.2) is 0 Å². The number of hydrogen-bond donors (Lipinski definition) is 0. The summed E-state index contributed by atoms with van der Waals surface area (Å²) in [6, 6.07) is 59.9. The van der Waals surface area contributed by atoms with E-state index in [4.69, 9.17) is 0 Å². The van der Waals surface area contributed by atoms with E-state index in [9.17, 15) is 0 Å². The highest BCUT2D eigenvalue weighted by Crippen LogP contribution is 2.39. The Bertz CT molecular complexity index is 2760. The normalized spacial score (nSPS) is 11.9. The first kappa shape index (κ1) is 25.2. The highest BCUT2D eigenvalue weighted by atomic mass is 15.0. The van der Waals surface area contributed by atoms with Crippen molar-refractivity contribution in [1.82, 2.24) is 9.13 Å². The third-order valence-corrected chi connectivity index (χ3v) is 9.72. The zero-order chi connectivity index (χ0) is 30.2. The van der Waals surface area contributed by atoms with Crippen LogP contribution in [0.15, 0.2) is 170 Å². The fraction of sp³-hybridized carbons (Fsp3) is 0. The second-order valence-corrected chi connectivity index (χ2v) is 12.2. The average molecular weight is 585 g/mol. The quantitative estimate of drug-likeness (QED) is 0.183. The van der Waals surface area contributed by atoms with Gasteiger partial charge in [0.25, 0.3) is 0 Å². The Kier molecular flexibility index (Phi) is 5.31. The lowest BCUT2D eigenvalue weighted by Gasteiger charge is -2.14. The van der Waals surface area contributed by atoms with Gasteiger partial charge >= 0.3 is 0 Å². The third kappa shape index (κ3) is 3.65. The monoisotopic (exact) mass is 584 g/mol. The van der Waals surface area contributed by atoms with Gasteiger partial charge in [0.1, 0.15) is 0 Å². The van der Waals surface area contributed by atoms with Crippen molar-refractivity contribution in [3.05, 3.63) is 170 Å². The molecule has 0 atom stereocenters. The van der Waals surface area contributed by atoms with Crippen molar-refractivity contribution >= 4 is 65.0 Å². The van der Waals surface area contributed by atoms with E-state index in [1.54, 1.807) is 0 Å². The zero-order valence-electron chi connectivity index (χ0n) is 25.1. The number of nitrogens with zero attached hydrogens (tertiary/aromatic N) is 2. The van der Waals surface area contributed by atoms with E-state index in [1.807, 2.05) is 0 Å². The molecule has 10 rings (SSSR count). The Morgan fingerprint density at radius 1 is 0.304 bits per heavy atom. The molecule has 46 heavy (non-hydrogen) atoms. The lowest BCUT2D eigenvalue weighted by molar-refractivity contribution is 1.13. The van der Waals surface area contributed by atoms with E-state index < -0.39 is 0 Å². The molecule has 0 aliphatic carbocycles.